The molecule has 2 rings (SSSR count). The number of aromatic nitrogens is 2. The minimum atomic E-state index is -0.292. The summed E-state index contributed by atoms with van der Waals surface area (Å²) in [5, 5.41) is 7.65. The molecule has 0 spiro atoms. The van der Waals surface area contributed by atoms with E-state index in [1.54, 1.807) is 16.8 Å². The minimum absolute atomic E-state index is 0.101. The molecule has 25 heavy (non-hydrogen) atoms. The lowest BCUT2D eigenvalue weighted by molar-refractivity contribution is 0.0949. The van der Waals surface area contributed by atoms with Crippen LogP contribution in [0.3, 0.4) is 0 Å². The van der Waals surface area contributed by atoms with Gasteiger partial charge in [-0.2, -0.15) is 5.10 Å². The number of halogens is 1. The van der Waals surface area contributed by atoms with Gasteiger partial charge in [0.15, 0.2) is 0 Å². The summed E-state index contributed by atoms with van der Waals surface area (Å²) in [5.74, 6) is -0.281. The highest BCUT2D eigenvalue weighted by Crippen LogP contribution is 2.25. The Kier molecular flexibility index (Phi) is 6.31. The summed E-state index contributed by atoms with van der Waals surface area (Å²) in [7, 11) is 3.94. The van der Waals surface area contributed by atoms with Gasteiger partial charge in [-0.3, -0.25) is 4.79 Å². The van der Waals surface area contributed by atoms with Crippen LogP contribution in [-0.2, 0) is 6.42 Å². The molecule has 0 aliphatic carbocycles. The predicted molar refractivity (Wildman–Crippen MR) is 97.9 cm³/mol. The SMILES string of the molecule is CCc1c(C(=O)NCCN(C)C)c(C(C)C)nn1-c1ccc(F)cc1. The summed E-state index contributed by atoms with van der Waals surface area (Å²) in [4.78, 5) is 14.8. The summed E-state index contributed by atoms with van der Waals surface area (Å²) >= 11 is 0. The molecule has 5 nitrogen and oxygen atoms in total. The van der Waals surface area contributed by atoms with Crippen LogP contribution < -0.4 is 5.32 Å². The van der Waals surface area contributed by atoms with Crippen molar-refractivity contribution in [1.29, 1.82) is 0 Å². The van der Waals surface area contributed by atoms with Crippen LogP contribution in [0.1, 0.15) is 48.4 Å². The zero-order valence-corrected chi connectivity index (χ0v) is 15.6. The van der Waals surface area contributed by atoms with E-state index in [9.17, 15) is 9.18 Å². The molecule has 1 aromatic heterocycles. The van der Waals surface area contributed by atoms with Crippen molar-refractivity contribution in [2.75, 3.05) is 27.2 Å². The zero-order chi connectivity index (χ0) is 18.6. The fourth-order valence-corrected chi connectivity index (χ4v) is 2.73. The van der Waals surface area contributed by atoms with Crippen LogP contribution in [0.25, 0.3) is 5.69 Å². The monoisotopic (exact) mass is 346 g/mol. The number of hydrogen-bond acceptors (Lipinski definition) is 3. The summed E-state index contributed by atoms with van der Waals surface area (Å²) < 4.78 is 15.0. The first-order valence-corrected chi connectivity index (χ1v) is 8.65. The Morgan fingerprint density at radius 1 is 1.28 bits per heavy atom. The number of carbonyl (C=O) groups is 1. The highest BCUT2D eigenvalue weighted by Gasteiger charge is 2.25. The third-order valence-corrected chi connectivity index (χ3v) is 4.03. The maximum atomic E-state index is 13.2. The highest BCUT2D eigenvalue weighted by atomic mass is 19.1. The van der Waals surface area contributed by atoms with E-state index in [1.165, 1.54) is 12.1 Å². The number of nitrogens with zero attached hydrogens (tertiary/aromatic N) is 3. The first-order chi connectivity index (χ1) is 11.8. The molecule has 2 aromatic rings. The normalized spacial score (nSPS) is 11.4. The maximum absolute atomic E-state index is 13.2. The van der Waals surface area contributed by atoms with E-state index >= 15 is 0 Å². The van der Waals surface area contributed by atoms with Gasteiger partial charge >= 0.3 is 0 Å². The van der Waals surface area contributed by atoms with Gasteiger partial charge < -0.3 is 10.2 Å². The van der Waals surface area contributed by atoms with Crippen molar-refractivity contribution in [3.63, 3.8) is 0 Å². The van der Waals surface area contributed by atoms with E-state index in [-0.39, 0.29) is 17.6 Å². The Hall–Kier alpha value is -2.21. The van der Waals surface area contributed by atoms with Crippen LogP contribution in [0, 0.1) is 5.82 Å². The molecule has 0 bridgehead atoms. The molecule has 1 heterocycles. The molecule has 0 atom stereocenters. The van der Waals surface area contributed by atoms with Gasteiger partial charge in [-0.05, 0) is 50.7 Å². The van der Waals surface area contributed by atoms with Gasteiger partial charge in [0, 0.05) is 13.1 Å². The number of hydrogen-bond donors (Lipinski definition) is 1. The molecule has 1 aromatic carbocycles. The first-order valence-electron chi connectivity index (χ1n) is 8.65. The van der Waals surface area contributed by atoms with E-state index < -0.39 is 0 Å². The molecule has 0 aliphatic heterocycles. The van der Waals surface area contributed by atoms with E-state index in [1.807, 2.05) is 39.8 Å². The number of carbonyl (C=O) groups excluding carboxylic acids is 1. The summed E-state index contributed by atoms with van der Waals surface area (Å²) in [6, 6.07) is 6.17. The van der Waals surface area contributed by atoms with Gasteiger partial charge in [-0.25, -0.2) is 9.07 Å². The third-order valence-electron chi connectivity index (χ3n) is 4.03. The Morgan fingerprint density at radius 2 is 1.92 bits per heavy atom. The van der Waals surface area contributed by atoms with Gasteiger partial charge in [-0.15, -0.1) is 0 Å². The van der Waals surface area contributed by atoms with Crippen LogP contribution in [0.4, 0.5) is 4.39 Å². The lowest BCUT2D eigenvalue weighted by Crippen LogP contribution is -2.32. The quantitative estimate of drug-likeness (QED) is 0.838. The summed E-state index contributed by atoms with van der Waals surface area (Å²) in [5.41, 5.74) is 3.01. The number of rotatable bonds is 7. The number of benzene rings is 1. The number of amides is 1. The van der Waals surface area contributed by atoms with Gasteiger partial charge in [0.25, 0.3) is 5.91 Å². The second kappa shape index (κ2) is 8.25. The van der Waals surface area contributed by atoms with Crippen molar-refractivity contribution in [3.8, 4) is 5.69 Å². The fraction of sp³-hybridized carbons (Fsp3) is 0.474. The Morgan fingerprint density at radius 3 is 2.44 bits per heavy atom. The van der Waals surface area contributed by atoms with Crippen molar-refractivity contribution >= 4 is 5.91 Å². The van der Waals surface area contributed by atoms with Crippen LogP contribution in [0.2, 0.25) is 0 Å². The van der Waals surface area contributed by atoms with E-state index in [0.29, 0.717) is 18.5 Å². The lowest BCUT2D eigenvalue weighted by atomic mass is 10.0. The lowest BCUT2D eigenvalue weighted by Gasteiger charge is -2.12. The molecule has 0 saturated carbocycles. The minimum Gasteiger partial charge on any atom is -0.351 e. The summed E-state index contributed by atoms with van der Waals surface area (Å²) in [6.45, 7) is 7.39. The molecule has 1 N–H and O–H groups in total. The zero-order valence-electron chi connectivity index (χ0n) is 15.6. The van der Waals surface area contributed by atoms with Gasteiger partial charge in [0.1, 0.15) is 5.82 Å². The van der Waals surface area contributed by atoms with Crippen molar-refractivity contribution in [1.82, 2.24) is 20.0 Å². The second-order valence-electron chi connectivity index (χ2n) is 6.66. The second-order valence-corrected chi connectivity index (χ2v) is 6.66. The first kappa shape index (κ1) is 19.1. The van der Waals surface area contributed by atoms with Crippen molar-refractivity contribution in [2.24, 2.45) is 0 Å². The largest absolute Gasteiger partial charge is 0.351 e. The van der Waals surface area contributed by atoms with Crippen molar-refractivity contribution < 1.29 is 9.18 Å². The Labute approximate surface area is 148 Å². The summed E-state index contributed by atoms with van der Waals surface area (Å²) in [6.07, 6.45) is 0.660. The van der Waals surface area contributed by atoms with Crippen LogP contribution in [-0.4, -0.2) is 47.8 Å². The van der Waals surface area contributed by atoms with E-state index in [4.69, 9.17) is 0 Å². The smallest absolute Gasteiger partial charge is 0.255 e. The standard InChI is InChI=1S/C19H27FN4O/c1-6-16-17(19(25)21-11-12-23(4)5)18(13(2)3)22-24(16)15-9-7-14(20)8-10-15/h7-10,13H,6,11-12H2,1-5H3,(H,21,25). The molecule has 0 fully saturated rings. The maximum Gasteiger partial charge on any atom is 0.255 e. The predicted octanol–water partition coefficient (Wildman–Crippen LogP) is 2.99. The molecule has 6 heteroatoms. The fourth-order valence-electron chi connectivity index (χ4n) is 2.73. The van der Waals surface area contributed by atoms with Gasteiger partial charge in [-0.1, -0.05) is 20.8 Å². The highest BCUT2D eigenvalue weighted by molar-refractivity contribution is 5.96. The number of nitrogens with one attached hydrogen (secondary N) is 1. The van der Waals surface area contributed by atoms with Crippen molar-refractivity contribution in [3.05, 3.63) is 47.0 Å². The molecule has 0 saturated heterocycles. The molecular formula is C19H27FN4O. The molecular weight excluding hydrogens is 319 g/mol. The molecule has 0 aliphatic rings. The van der Waals surface area contributed by atoms with E-state index in [0.717, 1.165) is 23.6 Å². The average Bonchev–Trinajstić information content (AvgIpc) is 2.95. The van der Waals surface area contributed by atoms with Gasteiger partial charge in [0.2, 0.25) is 0 Å². The average molecular weight is 346 g/mol. The van der Waals surface area contributed by atoms with Crippen LogP contribution >= 0.6 is 0 Å². The topological polar surface area (TPSA) is 50.2 Å². The number of likely N-dealkylation sites (N-methyl/N-ethyl adjacent to an activating group) is 1. The molecule has 0 radical (unpaired) electrons. The molecule has 136 valence electrons. The molecule has 0 unspecified atom stereocenters. The van der Waals surface area contributed by atoms with Crippen molar-refractivity contribution in [2.45, 2.75) is 33.1 Å². The molecule has 1 amide bonds. The van der Waals surface area contributed by atoms with Crippen LogP contribution in [0.15, 0.2) is 24.3 Å². The van der Waals surface area contributed by atoms with Gasteiger partial charge in [0.05, 0.1) is 22.6 Å². The van der Waals surface area contributed by atoms with E-state index in [2.05, 4.69) is 10.4 Å². The Bertz CT molecular complexity index is 720. The third kappa shape index (κ3) is 4.45. The van der Waals surface area contributed by atoms with Crippen LogP contribution in [0.5, 0.6) is 0 Å². The Balaban J connectivity index is 2.43.